The van der Waals surface area contributed by atoms with E-state index in [0.717, 1.165) is 15.6 Å². The van der Waals surface area contributed by atoms with Gasteiger partial charge in [0.2, 0.25) is 0 Å². The number of nitrogens with one attached hydrogen (secondary N) is 1. The summed E-state index contributed by atoms with van der Waals surface area (Å²) in [6.45, 7) is 1.53. The van der Waals surface area contributed by atoms with Crippen LogP contribution in [0.3, 0.4) is 0 Å². The molecule has 0 unspecified atom stereocenters. The quantitative estimate of drug-likeness (QED) is 0.754. The van der Waals surface area contributed by atoms with E-state index in [2.05, 4.69) is 21.2 Å². The zero-order valence-electron chi connectivity index (χ0n) is 13.1. The Kier molecular flexibility index (Phi) is 6.49. The molecule has 2 aromatic carbocycles. The Hall–Kier alpha value is -2.21. The van der Waals surface area contributed by atoms with Gasteiger partial charge in [0.1, 0.15) is 5.82 Å². The number of hydrogen-bond acceptors (Lipinski definition) is 3. The van der Waals surface area contributed by atoms with Gasteiger partial charge in [0, 0.05) is 16.6 Å². The van der Waals surface area contributed by atoms with Gasteiger partial charge in [-0.15, -0.1) is 0 Å². The van der Waals surface area contributed by atoms with E-state index >= 15 is 0 Å². The van der Waals surface area contributed by atoms with Crippen molar-refractivity contribution in [3.63, 3.8) is 0 Å². The molecule has 24 heavy (non-hydrogen) atoms. The van der Waals surface area contributed by atoms with Crippen molar-refractivity contribution >= 4 is 33.5 Å². The molecular weight excluding hydrogens is 377 g/mol. The van der Waals surface area contributed by atoms with Crippen LogP contribution in [-0.4, -0.2) is 18.5 Å². The number of ether oxygens (including phenoxy) is 1. The number of carbonyl (C=O) groups is 2. The van der Waals surface area contributed by atoms with E-state index in [1.165, 1.54) is 12.1 Å². The number of benzene rings is 2. The topological polar surface area (TPSA) is 55.4 Å². The molecule has 0 spiro atoms. The lowest BCUT2D eigenvalue weighted by atomic mass is 10.1. The van der Waals surface area contributed by atoms with Crippen LogP contribution < -0.4 is 5.32 Å². The van der Waals surface area contributed by atoms with E-state index in [9.17, 15) is 14.0 Å². The molecule has 0 aliphatic carbocycles. The standard InChI is InChI=1S/C18H17BrFNO3/c1-12-10-14(19)5-8-16(12)21-17(22)11-24-18(23)9-4-13-2-6-15(20)7-3-13/h2-3,5-8,10H,4,9,11H2,1H3,(H,21,22). The van der Waals surface area contributed by atoms with Crippen molar-refractivity contribution in [1.29, 1.82) is 0 Å². The fraction of sp³-hybridized carbons (Fsp3) is 0.222. The van der Waals surface area contributed by atoms with Crippen LogP contribution in [0.1, 0.15) is 17.5 Å². The molecule has 0 aliphatic heterocycles. The molecule has 4 nitrogen and oxygen atoms in total. The normalized spacial score (nSPS) is 10.3. The van der Waals surface area contributed by atoms with E-state index in [1.54, 1.807) is 18.2 Å². The molecule has 6 heteroatoms. The molecule has 1 N–H and O–H groups in total. The Balaban J connectivity index is 1.74. The third-order valence-corrected chi connectivity index (χ3v) is 3.85. The number of halogens is 2. The van der Waals surface area contributed by atoms with Crippen LogP contribution in [0.2, 0.25) is 0 Å². The van der Waals surface area contributed by atoms with Gasteiger partial charge in [-0.05, 0) is 54.8 Å². The molecule has 0 saturated carbocycles. The highest BCUT2D eigenvalue weighted by Crippen LogP contribution is 2.19. The van der Waals surface area contributed by atoms with Gasteiger partial charge < -0.3 is 10.1 Å². The molecule has 0 radical (unpaired) electrons. The molecule has 0 bridgehead atoms. The molecule has 2 aromatic rings. The molecule has 0 heterocycles. The first kappa shape index (κ1) is 18.1. The zero-order valence-corrected chi connectivity index (χ0v) is 14.7. The molecule has 0 saturated heterocycles. The molecule has 0 atom stereocenters. The fourth-order valence-corrected chi connectivity index (χ4v) is 2.54. The summed E-state index contributed by atoms with van der Waals surface area (Å²) in [7, 11) is 0. The predicted molar refractivity (Wildman–Crippen MR) is 93.2 cm³/mol. The summed E-state index contributed by atoms with van der Waals surface area (Å²) in [4.78, 5) is 23.5. The maximum Gasteiger partial charge on any atom is 0.306 e. The van der Waals surface area contributed by atoms with Gasteiger partial charge in [0.15, 0.2) is 6.61 Å². The number of amides is 1. The first-order valence-corrected chi connectivity index (χ1v) is 8.19. The van der Waals surface area contributed by atoms with Crippen molar-refractivity contribution in [1.82, 2.24) is 0 Å². The van der Waals surface area contributed by atoms with Crippen LogP contribution in [-0.2, 0) is 20.7 Å². The SMILES string of the molecule is Cc1cc(Br)ccc1NC(=O)COC(=O)CCc1ccc(F)cc1. The summed E-state index contributed by atoms with van der Waals surface area (Å²) >= 11 is 3.35. The Bertz CT molecular complexity index is 732. The van der Waals surface area contributed by atoms with E-state index in [-0.39, 0.29) is 18.8 Å². The van der Waals surface area contributed by atoms with Gasteiger partial charge in [0.05, 0.1) is 0 Å². The molecule has 0 fully saturated rings. The van der Waals surface area contributed by atoms with Gasteiger partial charge >= 0.3 is 5.97 Å². The summed E-state index contributed by atoms with van der Waals surface area (Å²) in [5, 5.41) is 2.69. The molecule has 2 rings (SSSR count). The van der Waals surface area contributed by atoms with E-state index in [4.69, 9.17) is 4.74 Å². The van der Waals surface area contributed by atoms with E-state index in [0.29, 0.717) is 12.1 Å². The van der Waals surface area contributed by atoms with Crippen molar-refractivity contribution in [2.75, 3.05) is 11.9 Å². The minimum Gasteiger partial charge on any atom is -0.456 e. The van der Waals surface area contributed by atoms with Crippen molar-refractivity contribution in [3.8, 4) is 0 Å². The van der Waals surface area contributed by atoms with Gasteiger partial charge in [-0.25, -0.2) is 4.39 Å². The highest BCUT2D eigenvalue weighted by atomic mass is 79.9. The largest absolute Gasteiger partial charge is 0.456 e. The summed E-state index contributed by atoms with van der Waals surface area (Å²) in [6.07, 6.45) is 0.572. The second kappa shape index (κ2) is 8.59. The zero-order chi connectivity index (χ0) is 17.5. The summed E-state index contributed by atoms with van der Waals surface area (Å²) in [6, 6.07) is 11.4. The Labute approximate surface area is 148 Å². The number of anilines is 1. The predicted octanol–water partition coefficient (Wildman–Crippen LogP) is 4.01. The Morgan fingerprint density at radius 3 is 2.54 bits per heavy atom. The molecular formula is C18H17BrFNO3. The number of rotatable bonds is 6. The van der Waals surface area contributed by atoms with Crippen LogP contribution in [0.25, 0.3) is 0 Å². The second-order valence-electron chi connectivity index (χ2n) is 5.29. The molecule has 1 amide bonds. The van der Waals surface area contributed by atoms with Gasteiger partial charge in [0.25, 0.3) is 5.91 Å². The molecule has 0 aliphatic rings. The number of carbonyl (C=O) groups excluding carboxylic acids is 2. The summed E-state index contributed by atoms with van der Waals surface area (Å²) in [5.74, 6) is -1.18. The van der Waals surface area contributed by atoms with Crippen molar-refractivity contribution < 1.29 is 18.7 Å². The van der Waals surface area contributed by atoms with Gasteiger partial charge in [-0.1, -0.05) is 28.1 Å². The van der Waals surface area contributed by atoms with Crippen LogP contribution in [0.4, 0.5) is 10.1 Å². The summed E-state index contributed by atoms with van der Waals surface area (Å²) in [5.41, 5.74) is 2.41. The number of esters is 1. The monoisotopic (exact) mass is 393 g/mol. The lowest BCUT2D eigenvalue weighted by Gasteiger charge is -2.09. The first-order chi connectivity index (χ1) is 11.4. The average molecular weight is 394 g/mol. The van der Waals surface area contributed by atoms with Crippen molar-refractivity contribution in [2.45, 2.75) is 19.8 Å². The van der Waals surface area contributed by atoms with Crippen molar-refractivity contribution in [3.05, 3.63) is 63.9 Å². The van der Waals surface area contributed by atoms with E-state index < -0.39 is 11.9 Å². The average Bonchev–Trinajstić information content (AvgIpc) is 2.55. The smallest absolute Gasteiger partial charge is 0.306 e. The fourth-order valence-electron chi connectivity index (χ4n) is 2.07. The van der Waals surface area contributed by atoms with Crippen molar-refractivity contribution in [2.24, 2.45) is 0 Å². The third-order valence-electron chi connectivity index (χ3n) is 3.36. The number of hydrogen-bond donors (Lipinski definition) is 1. The van der Waals surface area contributed by atoms with Crippen LogP contribution in [0.5, 0.6) is 0 Å². The van der Waals surface area contributed by atoms with Crippen LogP contribution in [0.15, 0.2) is 46.9 Å². The number of aryl methyl sites for hydroxylation is 2. The Morgan fingerprint density at radius 1 is 1.17 bits per heavy atom. The minimum absolute atomic E-state index is 0.135. The lowest BCUT2D eigenvalue weighted by molar-refractivity contribution is -0.147. The van der Waals surface area contributed by atoms with E-state index in [1.807, 2.05) is 19.1 Å². The highest BCUT2D eigenvalue weighted by Gasteiger charge is 2.09. The Morgan fingerprint density at radius 2 is 1.88 bits per heavy atom. The maximum absolute atomic E-state index is 12.8. The second-order valence-corrected chi connectivity index (χ2v) is 6.21. The maximum atomic E-state index is 12.8. The van der Waals surface area contributed by atoms with Gasteiger partial charge in [-0.2, -0.15) is 0 Å². The molecule has 0 aromatic heterocycles. The highest BCUT2D eigenvalue weighted by molar-refractivity contribution is 9.10. The lowest BCUT2D eigenvalue weighted by Crippen LogP contribution is -2.21. The van der Waals surface area contributed by atoms with Crippen LogP contribution in [0, 0.1) is 12.7 Å². The summed E-state index contributed by atoms with van der Waals surface area (Å²) < 4.78 is 18.7. The minimum atomic E-state index is -0.470. The third kappa shape index (κ3) is 5.77. The van der Waals surface area contributed by atoms with Crippen LogP contribution >= 0.6 is 15.9 Å². The van der Waals surface area contributed by atoms with Gasteiger partial charge in [-0.3, -0.25) is 9.59 Å². The molecule has 126 valence electrons. The first-order valence-electron chi connectivity index (χ1n) is 7.40.